The molecule has 38 heavy (non-hydrogen) atoms. The van der Waals surface area contributed by atoms with Gasteiger partial charge in [0.25, 0.3) is 0 Å². The van der Waals surface area contributed by atoms with Gasteiger partial charge in [0.1, 0.15) is 17.7 Å². The quantitative estimate of drug-likeness (QED) is 0.335. The summed E-state index contributed by atoms with van der Waals surface area (Å²) in [6, 6.07) is 13.8. The molecule has 0 fully saturated rings. The normalized spacial score (nSPS) is 12.8. The van der Waals surface area contributed by atoms with Crippen molar-refractivity contribution < 1.29 is 19.1 Å². The molecule has 2 unspecified atom stereocenters. The summed E-state index contributed by atoms with van der Waals surface area (Å²) in [5.74, 6) is -0.587. The largest absolute Gasteiger partial charge is 0.444 e. The lowest BCUT2D eigenvalue weighted by atomic mass is 9.98. The second kappa shape index (κ2) is 14.6. The van der Waals surface area contributed by atoms with Crippen molar-refractivity contribution in [1.82, 2.24) is 15.5 Å². The smallest absolute Gasteiger partial charge is 0.408 e. The molecule has 2 aromatic carbocycles. The number of amides is 3. The molecule has 0 aromatic heterocycles. The van der Waals surface area contributed by atoms with Crippen LogP contribution in [0.2, 0.25) is 0 Å². The maximum absolute atomic E-state index is 13.8. The fourth-order valence-corrected chi connectivity index (χ4v) is 4.16. The molecule has 7 heteroatoms. The molecule has 2 rings (SSSR count). The van der Waals surface area contributed by atoms with Gasteiger partial charge in [-0.2, -0.15) is 0 Å². The second-order valence-corrected chi connectivity index (χ2v) is 10.9. The molecule has 0 heterocycles. The summed E-state index contributed by atoms with van der Waals surface area (Å²) >= 11 is 0. The first-order valence-corrected chi connectivity index (χ1v) is 13.6. The highest BCUT2D eigenvalue weighted by atomic mass is 16.6. The minimum absolute atomic E-state index is 0.259. The molecule has 7 nitrogen and oxygen atoms in total. The summed E-state index contributed by atoms with van der Waals surface area (Å²) in [6.45, 7) is 13.8. The first kappa shape index (κ1) is 30.9. The Labute approximate surface area is 228 Å². The van der Waals surface area contributed by atoms with E-state index in [1.54, 1.807) is 32.6 Å². The van der Waals surface area contributed by atoms with E-state index in [-0.39, 0.29) is 11.8 Å². The van der Waals surface area contributed by atoms with E-state index in [9.17, 15) is 14.4 Å². The van der Waals surface area contributed by atoms with Gasteiger partial charge in [-0.15, -0.1) is 0 Å². The van der Waals surface area contributed by atoms with E-state index in [2.05, 4.69) is 17.6 Å². The zero-order valence-electron chi connectivity index (χ0n) is 24.1. The van der Waals surface area contributed by atoms with Crippen LogP contribution in [0.25, 0.3) is 0 Å². The van der Waals surface area contributed by atoms with Gasteiger partial charge in [-0.05, 0) is 70.2 Å². The zero-order chi connectivity index (χ0) is 28.3. The van der Waals surface area contributed by atoms with E-state index in [1.165, 1.54) is 0 Å². The predicted molar refractivity (Wildman–Crippen MR) is 152 cm³/mol. The lowest BCUT2D eigenvalue weighted by Gasteiger charge is -2.34. The molecule has 0 saturated heterocycles. The van der Waals surface area contributed by atoms with Crippen molar-refractivity contribution >= 4 is 17.9 Å². The summed E-state index contributed by atoms with van der Waals surface area (Å²) in [7, 11) is 0. The standard InChI is InChI=1S/C31H45N3O4/c1-8-9-10-14-19-34(29(36)24(4)33-30(37)38-31(5,6)7)27(26-18-17-22(2)23(3)20-26)28(35)32-21-25-15-12-11-13-16-25/h11-13,15-18,20,24,27H,8-10,14,19,21H2,1-7H3,(H,32,35)(H,33,37). The number of rotatable bonds is 12. The zero-order valence-corrected chi connectivity index (χ0v) is 24.1. The van der Waals surface area contributed by atoms with E-state index < -0.39 is 23.8 Å². The molecule has 208 valence electrons. The van der Waals surface area contributed by atoms with Crippen LogP contribution >= 0.6 is 0 Å². The number of carbonyl (C=O) groups is 3. The van der Waals surface area contributed by atoms with Gasteiger partial charge in [0.15, 0.2) is 0 Å². The van der Waals surface area contributed by atoms with Crippen molar-refractivity contribution in [3.8, 4) is 0 Å². The van der Waals surface area contributed by atoms with E-state index in [1.807, 2.05) is 62.4 Å². The maximum atomic E-state index is 13.8. The Bertz CT molecular complexity index is 1060. The lowest BCUT2D eigenvalue weighted by Crippen LogP contribution is -2.52. The molecular formula is C31H45N3O4. The van der Waals surface area contributed by atoms with Crippen LogP contribution in [0, 0.1) is 13.8 Å². The molecule has 0 saturated carbocycles. The van der Waals surface area contributed by atoms with Gasteiger partial charge < -0.3 is 20.3 Å². The van der Waals surface area contributed by atoms with Crippen LogP contribution in [0.15, 0.2) is 48.5 Å². The Hall–Kier alpha value is -3.35. The van der Waals surface area contributed by atoms with Gasteiger partial charge in [-0.25, -0.2) is 4.79 Å². The number of hydrogen-bond donors (Lipinski definition) is 2. The van der Waals surface area contributed by atoms with Crippen molar-refractivity contribution in [2.24, 2.45) is 0 Å². The molecule has 0 bridgehead atoms. The molecule has 2 N–H and O–H groups in total. The average Bonchev–Trinajstić information content (AvgIpc) is 2.85. The topological polar surface area (TPSA) is 87.7 Å². The molecule has 2 aromatic rings. The molecule has 0 aliphatic carbocycles. The summed E-state index contributed by atoms with van der Waals surface area (Å²) in [5.41, 5.74) is 3.18. The van der Waals surface area contributed by atoms with Crippen molar-refractivity contribution in [1.29, 1.82) is 0 Å². The number of aryl methyl sites for hydroxylation is 2. The second-order valence-electron chi connectivity index (χ2n) is 10.9. The van der Waals surface area contributed by atoms with Crippen LogP contribution in [0.1, 0.15) is 88.6 Å². The van der Waals surface area contributed by atoms with Crippen LogP contribution in [0.5, 0.6) is 0 Å². The van der Waals surface area contributed by atoms with E-state index in [0.29, 0.717) is 13.1 Å². The van der Waals surface area contributed by atoms with Crippen LogP contribution in [0.4, 0.5) is 4.79 Å². The van der Waals surface area contributed by atoms with Crippen LogP contribution < -0.4 is 10.6 Å². The SMILES string of the molecule is CCCCCCN(C(=O)C(C)NC(=O)OC(C)(C)C)C(C(=O)NCc1ccccc1)c1ccc(C)c(C)c1. The fraction of sp³-hybridized carbons (Fsp3) is 0.516. The Morgan fingerprint density at radius 2 is 1.63 bits per heavy atom. The molecule has 2 atom stereocenters. The minimum Gasteiger partial charge on any atom is -0.444 e. The number of hydrogen-bond acceptors (Lipinski definition) is 4. The van der Waals surface area contributed by atoms with Crippen molar-refractivity contribution in [2.75, 3.05) is 6.54 Å². The third-order valence-corrected chi connectivity index (χ3v) is 6.36. The molecule has 0 aliphatic rings. The first-order valence-electron chi connectivity index (χ1n) is 13.6. The number of ether oxygens (including phenoxy) is 1. The summed E-state index contributed by atoms with van der Waals surface area (Å²) in [5, 5.41) is 5.69. The number of benzene rings is 2. The molecule has 0 aliphatic heterocycles. The Kier molecular flexibility index (Phi) is 11.8. The maximum Gasteiger partial charge on any atom is 0.408 e. The number of alkyl carbamates (subject to hydrolysis) is 1. The lowest BCUT2D eigenvalue weighted by molar-refractivity contribution is -0.142. The molecule has 0 radical (unpaired) electrons. The number of carbonyl (C=O) groups excluding carboxylic acids is 3. The average molecular weight is 524 g/mol. The Morgan fingerprint density at radius 1 is 0.947 bits per heavy atom. The highest BCUT2D eigenvalue weighted by Crippen LogP contribution is 2.26. The number of nitrogens with one attached hydrogen (secondary N) is 2. The molecule has 0 spiro atoms. The van der Waals surface area contributed by atoms with Crippen LogP contribution in [-0.4, -0.2) is 41.0 Å². The molecule has 3 amide bonds. The van der Waals surface area contributed by atoms with Gasteiger partial charge in [0, 0.05) is 13.1 Å². The van der Waals surface area contributed by atoms with Gasteiger partial charge in [0.2, 0.25) is 11.8 Å². The third kappa shape index (κ3) is 9.84. The van der Waals surface area contributed by atoms with E-state index >= 15 is 0 Å². The summed E-state index contributed by atoms with van der Waals surface area (Å²) in [4.78, 5) is 41.6. The minimum atomic E-state index is -0.869. The van der Waals surface area contributed by atoms with Gasteiger partial charge in [-0.1, -0.05) is 74.7 Å². The van der Waals surface area contributed by atoms with E-state index in [0.717, 1.165) is 47.9 Å². The third-order valence-electron chi connectivity index (χ3n) is 6.36. The van der Waals surface area contributed by atoms with Gasteiger partial charge in [-0.3, -0.25) is 9.59 Å². The first-order chi connectivity index (χ1) is 17.9. The highest BCUT2D eigenvalue weighted by Gasteiger charge is 2.34. The Balaban J connectivity index is 2.39. The van der Waals surface area contributed by atoms with E-state index in [4.69, 9.17) is 4.74 Å². The highest BCUT2D eigenvalue weighted by molar-refractivity contribution is 5.92. The Morgan fingerprint density at radius 3 is 2.24 bits per heavy atom. The summed E-state index contributed by atoms with van der Waals surface area (Å²) in [6.07, 6.45) is 3.14. The van der Waals surface area contributed by atoms with Crippen LogP contribution in [-0.2, 0) is 20.9 Å². The van der Waals surface area contributed by atoms with Gasteiger partial charge >= 0.3 is 6.09 Å². The molecular weight excluding hydrogens is 478 g/mol. The fourth-order valence-electron chi connectivity index (χ4n) is 4.16. The predicted octanol–water partition coefficient (Wildman–Crippen LogP) is 5.98. The number of nitrogens with zero attached hydrogens (tertiary/aromatic N) is 1. The monoisotopic (exact) mass is 523 g/mol. The summed E-state index contributed by atoms with van der Waals surface area (Å²) < 4.78 is 5.36. The van der Waals surface area contributed by atoms with Crippen molar-refractivity contribution in [3.05, 3.63) is 70.8 Å². The van der Waals surface area contributed by atoms with Crippen LogP contribution in [0.3, 0.4) is 0 Å². The number of unbranched alkanes of at least 4 members (excludes halogenated alkanes) is 3. The van der Waals surface area contributed by atoms with Crippen molar-refractivity contribution in [3.63, 3.8) is 0 Å². The van der Waals surface area contributed by atoms with Gasteiger partial charge in [0.05, 0.1) is 0 Å². The van der Waals surface area contributed by atoms with Crippen molar-refractivity contribution in [2.45, 2.75) is 98.4 Å².